The summed E-state index contributed by atoms with van der Waals surface area (Å²) in [4.78, 5) is 4.73. The van der Waals surface area contributed by atoms with Gasteiger partial charge in [0.15, 0.2) is 5.82 Å². The SMILES string of the molecule is Cn1nc(C2CCCC2)nc1Cc1ccc(N)cc1. The van der Waals surface area contributed by atoms with Crippen LogP contribution in [0.3, 0.4) is 0 Å². The van der Waals surface area contributed by atoms with E-state index in [2.05, 4.69) is 17.2 Å². The van der Waals surface area contributed by atoms with Crippen molar-refractivity contribution in [1.29, 1.82) is 0 Å². The maximum absolute atomic E-state index is 5.70. The molecule has 0 amide bonds. The Morgan fingerprint density at radius 3 is 2.58 bits per heavy atom. The van der Waals surface area contributed by atoms with E-state index in [4.69, 9.17) is 10.7 Å². The summed E-state index contributed by atoms with van der Waals surface area (Å²) in [6.07, 6.45) is 5.93. The van der Waals surface area contributed by atoms with Gasteiger partial charge in [0, 0.05) is 25.1 Å². The van der Waals surface area contributed by atoms with Crippen molar-refractivity contribution >= 4 is 5.69 Å². The smallest absolute Gasteiger partial charge is 0.154 e. The van der Waals surface area contributed by atoms with Gasteiger partial charge in [0.2, 0.25) is 0 Å². The van der Waals surface area contributed by atoms with Crippen LogP contribution in [-0.4, -0.2) is 14.8 Å². The highest BCUT2D eigenvalue weighted by Crippen LogP contribution is 2.32. The lowest BCUT2D eigenvalue weighted by Crippen LogP contribution is -2.00. The largest absolute Gasteiger partial charge is 0.399 e. The molecular weight excluding hydrogens is 236 g/mol. The molecule has 1 fully saturated rings. The normalized spacial score (nSPS) is 16.1. The Hall–Kier alpha value is -1.84. The third-order valence-corrected chi connectivity index (χ3v) is 3.93. The van der Waals surface area contributed by atoms with Crippen molar-refractivity contribution in [3.8, 4) is 0 Å². The fraction of sp³-hybridized carbons (Fsp3) is 0.467. The van der Waals surface area contributed by atoms with Crippen LogP contribution in [0.1, 0.15) is 48.8 Å². The molecule has 1 aromatic carbocycles. The number of hydrogen-bond donors (Lipinski definition) is 1. The summed E-state index contributed by atoms with van der Waals surface area (Å²) in [7, 11) is 1.98. The topological polar surface area (TPSA) is 56.7 Å². The van der Waals surface area contributed by atoms with E-state index in [-0.39, 0.29) is 0 Å². The van der Waals surface area contributed by atoms with Gasteiger partial charge in [0.05, 0.1) is 0 Å². The highest BCUT2D eigenvalue weighted by Gasteiger charge is 2.22. The number of nitrogens with two attached hydrogens (primary N) is 1. The van der Waals surface area contributed by atoms with Gasteiger partial charge in [0.25, 0.3) is 0 Å². The first kappa shape index (κ1) is 12.2. The molecule has 2 N–H and O–H groups in total. The maximum Gasteiger partial charge on any atom is 0.154 e. The van der Waals surface area contributed by atoms with Gasteiger partial charge in [-0.15, -0.1) is 0 Å². The minimum atomic E-state index is 0.575. The summed E-state index contributed by atoms with van der Waals surface area (Å²) in [5.41, 5.74) is 7.73. The molecule has 3 rings (SSSR count). The lowest BCUT2D eigenvalue weighted by atomic mass is 10.1. The second kappa shape index (κ2) is 5.03. The van der Waals surface area contributed by atoms with Crippen molar-refractivity contribution in [3.05, 3.63) is 41.5 Å². The molecule has 4 heteroatoms. The lowest BCUT2D eigenvalue weighted by molar-refractivity contribution is 0.644. The number of hydrogen-bond acceptors (Lipinski definition) is 3. The molecule has 4 nitrogen and oxygen atoms in total. The molecule has 1 aromatic heterocycles. The van der Waals surface area contributed by atoms with Crippen molar-refractivity contribution in [2.75, 3.05) is 5.73 Å². The number of anilines is 1. The zero-order chi connectivity index (χ0) is 13.2. The van der Waals surface area contributed by atoms with Crippen molar-refractivity contribution < 1.29 is 0 Å². The Balaban J connectivity index is 1.79. The van der Waals surface area contributed by atoms with E-state index in [1.807, 2.05) is 23.9 Å². The Bertz CT molecular complexity index is 550. The first-order valence-electron chi connectivity index (χ1n) is 6.96. The Labute approximate surface area is 113 Å². The molecule has 0 saturated heterocycles. The van der Waals surface area contributed by atoms with Crippen molar-refractivity contribution in [2.24, 2.45) is 7.05 Å². The number of rotatable bonds is 3. The summed E-state index contributed by atoms with van der Waals surface area (Å²) in [6, 6.07) is 7.98. The van der Waals surface area contributed by atoms with Crippen LogP contribution in [0.4, 0.5) is 5.69 Å². The predicted molar refractivity (Wildman–Crippen MR) is 75.9 cm³/mol. The maximum atomic E-state index is 5.70. The average molecular weight is 256 g/mol. The summed E-state index contributed by atoms with van der Waals surface area (Å²) in [5.74, 6) is 2.64. The molecular formula is C15H20N4. The van der Waals surface area contributed by atoms with Gasteiger partial charge in [0.1, 0.15) is 5.82 Å². The predicted octanol–water partition coefficient (Wildman–Crippen LogP) is 2.65. The van der Waals surface area contributed by atoms with Gasteiger partial charge in [-0.25, -0.2) is 4.98 Å². The van der Waals surface area contributed by atoms with Gasteiger partial charge < -0.3 is 5.73 Å². The molecule has 0 unspecified atom stereocenters. The average Bonchev–Trinajstić information content (AvgIpc) is 3.03. The van der Waals surface area contributed by atoms with Crippen LogP contribution in [0.15, 0.2) is 24.3 Å². The van der Waals surface area contributed by atoms with E-state index < -0.39 is 0 Å². The van der Waals surface area contributed by atoms with E-state index >= 15 is 0 Å². The van der Waals surface area contributed by atoms with Crippen LogP contribution in [0.5, 0.6) is 0 Å². The van der Waals surface area contributed by atoms with Crippen molar-refractivity contribution in [2.45, 2.75) is 38.0 Å². The van der Waals surface area contributed by atoms with Crippen LogP contribution in [0.25, 0.3) is 0 Å². The van der Waals surface area contributed by atoms with E-state index in [1.54, 1.807) is 0 Å². The van der Waals surface area contributed by atoms with E-state index in [9.17, 15) is 0 Å². The molecule has 0 aliphatic heterocycles. The zero-order valence-electron chi connectivity index (χ0n) is 11.3. The van der Waals surface area contributed by atoms with E-state index in [1.165, 1.54) is 31.2 Å². The minimum absolute atomic E-state index is 0.575. The highest BCUT2D eigenvalue weighted by atomic mass is 15.3. The second-order valence-electron chi connectivity index (χ2n) is 5.41. The van der Waals surface area contributed by atoms with Crippen LogP contribution in [-0.2, 0) is 13.5 Å². The summed E-state index contributed by atoms with van der Waals surface area (Å²) in [5, 5.41) is 4.59. The fourth-order valence-electron chi connectivity index (χ4n) is 2.77. The van der Waals surface area contributed by atoms with Crippen molar-refractivity contribution in [1.82, 2.24) is 14.8 Å². The molecule has 0 spiro atoms. The molecule has 0 radical (unpaired) electrons. The third-order valence-electron chi connectivity index (χ3n) is 3.93. The Morgan fingerprint density at radius 1 is 1.21 bits per heavy atom. The number of benzene rings is 1. The fourth-order valence-corrected chi connectivity index (χ4v) is 2.77. The molecule has 0 atom stereocenters. The molecule has 2 aromatic rings. The van der Waals surface area contributed by atoms with Gasteiger partial charge in [-0.2, -0.15) is 5.10 Å². The molecule has 1 aliphatic rings. The monoisotopic (exact) mass is 256 g/mol. The van der Waals surface area contributed by atoms with Gasteiger partial charge in [-0.05, 0) is 30.5 Å². The van der Waals surface area contributed by atoms with Crippen LogP contribution in [0.2, 0.25) is 0 Å². The molecule has 19 heavy (non-hydrogen) atoms. The molecule has 1 aliphatic carbocycles. The molecule has 1 saturated carbocycles. The lowest BCUT2D eigenvalue weighted by Gasteiger charge is -2.01. The standard InChI is InChI=1S/C15H20N4/c1-19-14(10-11-6-8-13(16)9-7-11)17-15(18-19)12-4-2-3-5-12/h6-9,12H,2-5,10,16H2,1H3. The van der Waals surface area contributed by atoms with Crippen LogP contribution < -0.4 is 5.73 Å². The second-order valence-corrected chi connectivity index (χ2v) is 5.41. The summed E-state index contributed by atoms with van der Waals surface area (Å²) >= 11 is 0. The zero-order valence-corrected chi connectivity index (χ0v) is 11.3. The molecule has 1 heterocycles. The van der Waals surface area contributed by atoms with Gasteiger partial charge in [-0.1, -0.05) is 25.0 Å². The van der Waals surface area contributed by atoms with Crippen molar-refractivity contribution in [3.63, 3.8) is 0 Å². The first-order chi connectivity index (χ1) is 9.22. The minimum Gasteiger partial charge on any atom is -0.399 e. The number of aromatic nitrogens is 3. The van der Waals surface area contributed by atoms with E-state index in [0.717, 1.165) is 23.8 Å². The Kier molecular flexibility index (Phi) is 3.23. The molecule has 0 bridgehead atoms. The summed E-state index contributed by atoms with van der Waals surface area (Å²) in [6.45, 7) is 0. The third kappa shape index (κ3) is 2.62. The number of nitrogen functional groups attached to an aromatic ring is 1. The summed E-state index contributed by atoms with van der Waals surface area (Å²) < 4.78 is 1.92. The molecule has 100 valence electrons. The van der Waals surface area contributed by atoms with E-state index in [0.29, 0.717) is 5.92 Å². The van der Waals surface area contributed by atoms with Crippen LogP contribution >= 0.6 is 0 Å². The van der Waals surface area contributed by atoms with Gasteiger partial charge >= 0.3 is 0 Å². The van der Waals surface area contributed by atoms with Crippen LogP contribution in [0, 0.1) is 0 Å². The highest BCUT2D eigenvalue weighted by molar-refractivity contribution is 5.39. The number of nitrogens with zero attached hydrogens (tertiary/aromatic N) is 3. The number of aryl methyl sites for hydroxylation is 1. The first-order valence-corrected chi connectivity index (χ1v) is 6.96. The Morgan fingerprint density at radius 2 is 1.89 bits per heavy atom. The van der Waals surface area contributed by atoms with Gasteiger partial charge in [-0.3, -0.25) is 4.68 Å². The quantitative estimate of drug-likeness (QED) is 0.859.